The Morgan fingerprint density at radius 2 is 1.47 bits per heavy atom. The Kier molecular flexibility index (Phi) is 8.20. The zero-order valence-corrected chi connectivity index (χ0v) is 20.1. The van der Waals surface area contributed by atoms with E-state index in [4.69, 9.17) is 18.9 Å². The second kappa shape index (κ2) is 10.4. The minimum Gasteiger partial charge on any atom is -0.497 e. The summed E-state index contributed by atoms with van der Waals surface area (Å²) in [6.45, 7) is 3.30. The van der Waals surface area contributed by atoms with Crippen molar-refractivity contribution >= 4 is 21.6 Å². The summed E-state index contributed by atoms with van der Waals surface area (Å²) in [6.07, 6.45) is 1.04. The van der Waals surface area contributed by atoms with Crippen LogP contribution < -0.4 is 28.6 Å². The van der Waals surface area contributed by atoms with E-state index in [1.54, 1.807) is 44.4 Å². The van der Waals surface area contributed by atoms with Crippen LogP contribution in [0.1, 0.15) is 25.5 Å². The van der Waals surface area contributed by atoms with Gasteiger partial charge >= 0.3 is 0 Å². The van der Waals surface area contributed by atoms with Gasteiger partial charge in [0.15, 0.2) is 11.5 Å². The molecule has 0 heterocycles. The molecule has 0 spiro atoms. The average molecular weight is 467 g/mol. The minimum atomic E-state index is -3.80. The van der Waals surface area contributed by atoms with Crippen LogP contribution in [-0.4, -0.2) is 55.1 Å². The van der Waals surface area contributed by atoms with E-state index in [1.165, 1.54) is 34.3 Å². The monoisotopic (exact) mass is 466 g/mol. The van der Waals surface area contributed by atoms with E-state index in [9.17, 15) is 13.2 Å². The number of carbonyl (C=O) groups excluding carboxylic acids is 1. The SMILES string of the molecule is COc1ccc(OC)c(C(C)NC(=O)C(C)N(c2ccc(OC)c(OC)c2)S(C)(=O)=O)c1. The smallest absolute Gasteiger partial charge is 0.244 e. The molecule has 10 heteroatoms. The highest BCUT2D eigenvalue weighted by atomic mass is 32.2. The Hall–Kier alpha value is -3.14. The molecule has 0 aliphatic carbocycles. The predicted octanol–water partition coefficient (Wildman–Crippen LogP) is 2.75. The molecule has 2 aromatic carbocycles. The van der Waals surface area contributed by atoms with Crippen molar-refractivity contribution < 1.29 is 32.2 Å². The van der Waals surface area contributed by atoms with Crippen molar-refractivity contribution in [1.82, 2.24) is 5.32 Å². The molecule has 0 saturated carbocycles. The molecule has 2 rings (SSSR count). The van der Waals surface area contributed by atoms with E-state index in [0.29, 0.717) is 28.6 Å². The van der Waals surface area contributed by atoms with Gasteiger partial charge in [-0.1, -0.05) is 0 Å². The van der Waals surface area contributed by atoms with Gasteiger partial charge in [0.05, 0.1) is 46.4 Å². The molecule has 0 bridgehead atoms. The number of nitrogens with one attached hydrogen (secondary N) is 1. The lowest BCUT2D eigenvalue weighted by Gasteiger charge is -2.30. The van der Waals surface area contributed by atoms with Crippen LogP contribution in [-0.2, 0) is 14.8 Å². The number of anilines is 1. The third-order valence-electron chi connectivity index (χ3n) is 4.97. The highest BCUT2D eigenvalue weighted by Crippen LogP contribution is 2.34. The molecule has 2 aromatic rings. The minimum absolute atomic E-state index is 0.277. The quantitative estimate of drug-likeness (QED) is 0.574. The van der Waals surface area contributed by atoms with Gasteiger partial charge in [-0.3, -0.25) is 9.10 Å². The van der Waals surface area contributed by atoms with E-state index in [1.807, 2.05) is 0 Å². The first-order valence-corrected chi connectivity index (χ1v) is 11.7. The maximum atomic E-state index is 13.1. The lowest BCUT2D eigenvalue weighted by atomic mass is 10.1. The number of benzene rings is 2. The van der Waals surface area contributed by atoms with Crippen LogP contribution in [0, 0.1) is 0 Å². The summed E-state index contributed by atoms with van der Waals surface area (Å²) in [5.41, 5.74) is 0.976. The molecule has 1 amide bonds. The van der Waals surface area contributed by atoms with E-state index >= 15 is 0 Å². The number of sulfonamides is 1. The van der Waals surface area contributed by atoms with Crippen LogP contribution in [0.25, 0.3) is 0 Å². The van der Waals surface area contributed by atoms with Crippen molar-refractivity contribution in [2.75, 3.05) is 39.0 Å². The molecule has 0 aliphatic heterocycles. The van der Waals surface area contributed by atoms with Gasteiger partial charge in [0.25, 0.3) is 0 Å². The molecule has 0 radical (unpaired) electrons. The van der Waals surface area contributed by atoms with Crippen molar-refractivity contribution in [3.05, 3.63) is 42.0 Å². The Morgan fingerprint density at radius 1 is 0.875 bits per heavy atom. The van der Waals surface area contributed by atoms with Gasteiger partial charge < -0.3 is 24.3 Å². The van der Waals surface area contributed by atoms with E-state index < -0.39 is 28.0 Å². The number of carbonyl (C=O) groups is 1. The average Bonchev–Trinajstić information content (AvgIpc) is 2.77. The van der Waals surface area contributed by atoms with Crippen LogP contribution in [0.5, 0.6) is 23.0 Å². The number of hydrogen-bond donors (Lipinski definition) is 1. The summed E-state index contributed by atoms with van der Waals surface area (Å²) in [5.74, 6) is 1.49. The molecular formula is C22H30N2O7S. The van der Waals surface area contributed by atoms with E-state index in [2.05, 4.69) is 5.32 Å². The van der Waals surface area contributed by atoms with Gasteiger partial charge in [-0.15, -0.1) is 0 Å². The van der Waals surface area contributed by atoms with Crippen molar-refractivity contribution in [3.8, 4) is 23.0 Å². The molecule has 0 aliphatic rings. The zero-order valence-electron chi connectivity index (χ0n) is 19.3. The topological polar surface area (TPSA) is 103 Å². The van der Waals surface area contributed by atoms with E-state index in [0.717, 1.165) is 10.6 Å². The standard InChI is InChI=1S/C22H30N2O7S/c1-14(18-13-17(28-3)9-11-19(18)29-4)23-22(25)15(2)24(32(7,26)27)16-8-10-20(30-5)21(12-16)31-6/h8-15H,1-7H3,(H,23,25). The molecule has 0 fully saturated rings. The first-order chi connectivity index (χ1) is 15.1. The van der Waals surface area contributed by atoms with Crippen molar-refractivity contribution in [1.29, 1.82) is 0 Å². The number of nitrogens with zero attached hydrogens (tertiary/aromatic N) is 1. The van der Waals surface area contributed by atoms with Crippen LogP contribution in [0.4, 0.5) is 5.69 Å². The Bertz CT molecular complexity index is 1060. The maximum absolute atomic E-state index is 13.1. The fourth-order valence-corrected chi connectivity index (χ4v) is 4.53. The number of methoxy groups -OCH3 is 4. The molecule has 0 saturated heterocycles. The fraction of sp³-hybridized carbons (Fsp3) is 0.409. The van der Waals surface area contributed by atoms with Crippen LogP contribution in [0.15, 0.2) is 36.4 Å². The molecular weight excluding hydrogens is 436 g/mol. The second-order valence-electron chi connectivity index (χ2n) is 7.11. The summed E-state index contributed by atoms with van der Waals surface area (Å²) in [7, 11) is 2.21. The predicted molar refractivity (Wildman–Crippen MR) is 122 cm³/mol. The molecule has 2 unspecified atom stereocenters. The fourth-order valence-electron chi connectivity index (χ4n) is 3.36. The van der Waals surface area contributed by atoms with Crippen molar-refractivity contribution in [2.24, 2.45) is 0 Å². The van der Waals surface area contributed by atoms with E-state index in [-0.39, 0.29) is 5.69 Å². The lowest BCUT2D eigenvalue weighted by Crippen LogP contribution is -2.48. The summed E-state index contributed by atoms with van der Waals surface area (Å²) in [6, 6.07) is 8.40. The van der Waals surface area contributed by atoms with Crippen LogP contribution in [0.2, 0.25) is 0 Å². The van der Waals surface area contributed by atoms with Crippen molar-refractivity contribution in [2.45, 2.75) is 25.9 Å². The zero-order chi connectivity index (χ0) is 24.1. The normalized spacial score (nSPS) is 13.0. The number of ether oxygens (including phenoxy) is 4. The molecule has 0 aromatic heterocycles. The summed E-state index contributed by atoms with van der Waals surface area (Å²) >= 11 is 0. The first kappa shape index (κ1) is 25.1. The Morgan fingerprint density at radius 3 is 2.00 bits per heavy atom. The van der Waals surface area contributed by atoms with Gasteiger partial charge in [0, 0.05) is 11.6 Å². The summed E-state index contributed by atoms with van der Waals surface area (Å²) in [4.78, 5) is 13.1. The Labute approximate surface area is 189 Å². The van der Waals surface area contributed by atoms with Gasteiger partial charge in [-0.25, -0.2) is 8.42 Å². The number of rotatable bonds is 10. The summed E-state index contributed by atoms with van der Waals surface area (Å²) < 4.78 is 47.4. The number of hydrogen-bond acceptors (Lipinski definition) is 7. The van der Waals surface area contributed by atoms with Crippen LogP contribution in [0.3, 0.4) is 0 Å². The van der Waals surface area contributed by atoms with Gasteiger partial charge in [-0.2, -0.15) is 0 Å². The van der Waals surface area contributed by atoms with Gasteiger partial charge in [0.1, 0.15) is 17.5 Å². The Balaban J connectivity index is 2.36. The largest absolute Gasteiger partial charge is 0.497 e. The summed E-state index contributed by atoms with van der Waals surface area (Å²) in [5, 5.41) is 2.86. The maximum Gasteiger partial charge on any atom is 0.244 e. The number of amides is 1. The highest BCUT2D eigenvalue weighted by molar-refractivity contribution is 7.92. The molecule has 1 N–H and O–H groups in total. The van der Waals surface area contributed by atoms with Crippen molar-refractivity contribution in [3.63, 3.8) is 0 Å². The second-order valence-corrected chi connectivity index (χ2v) is 8.97. The molecule has 9 nitrogen and oxygen atoms in total. The third-order valence-corrected chi connectivity index (χ3v) is 6.21. The third kappa shape index (κ3) is 5.56. The van der Waals surface area contributed by atoms with Gasteiger partial charge in [0.2, 0.25) is 15.9 Å². The molecule has 2 atom stereocenters. The van der Waals surface area contributed by atoms with Gasteiger partial charge in [-0.05, 0) is 44.2 Å². The highest BCUT2D eigenvalue weighted by Gasteiger charge is 2.31. The molecule has 32 heavy (non-hydrogen) atoms. The first-order valence-electron chi connectivity index (χ1n) is 9.81. The lowest BCUT2D eigenvalue weighted by molar-refractivity contribution is -0.122. The molecule has 176 valence electrons. The van der Waals surface area contributed by atoms with Crippen LogP contribution >= 0.6 is 0 Å².